The standard InChI is InChI=1S/C28H32Cl2N4O/c29-24-5-3-7-26(27(24)30)34-18-16-33(17-19-34)15-13-20-8-10-21(11-9-20)32-28(35)23-12-14-31-25-6-2-1-4-22(23)25/h1-7,12,14,20-21H,8-11,13,15-19H2,(H,32,35)/t20-,21-. The van der Waals surface area contributed by atoms with E-state index in [1.54, 1.807) is 6.20 Å². The Labute approximate surface area is 217 Å². The van der Waals surface area contributed by atoms with Gasteiger partial charge in [-0.2, -0.15) is 0 Å². The van der Waals surface area contributed by atoms with Gasteiger partial charge in [-0.05, 0) is 68.8 Å². The molecule has 1 aliphatic heterocycles. The van der Waals surface area contributed by atoms with E-state index in [1.165, 1.54) is 19.3 Å². The predicted molar refractivity (Wildman–Crippen MR) is 145 cm³/mol. The molecule has 184 valence electrons. The van der Waals surface area contributed by atoms with Gasteiger partial charge in [0.15, 0.2) is 0 Å². The molecule has 0 atom stereocenters. The highest BCUT2D eigenvalue weighted by Crippen LogP contribution is 2.33. The highest BCUT2D eigenvalue weighted by atomic mass is 35.5. The highest BCUT2D eigenvalue weighted by Gasteiger charge is 2.25. The number of halogens is 2. The zero-order valence-electron chi connectivity index (χ0n) is 19.9. The lowest BCUT2D eigenvalue weighted by molar-refractivity contribution is 0.0921. The molecule has 3 aromatic rings. The summed E-state index contributed by atoms with van der Waals surface area (Å²) >= 11 is 12.6. The molecule has 2 fully saturated rings. The maximum absolute atomic E-state index is 12.9. The van der Waals surface area contributed by atoms with Crippen LogP contribution in [0.3, 0.4) is 0 Å². The van der Waals surface area contributed by atoms with Gasteiger partial charge in [-0.15, -0.1) is 0 Å². The Balaban J connectivity index is 1.05. The Hall–Kier alpha value is -2.34. The third kappa shape index (κ3) is 5.74. The van der Waals surface area contributed by atoms with Gasteiger partial charge in [0.05, 0.1) is 26.8 Å². The number of fused-ring (bicyclic) bond motifs is 1. The highest BCUT2D eigenvalue weighted by molar-refractivity contribution is 6.43. The number of rotatable bonds is 6. The van der Waals surface area contributed by atoms with Crippen molar-refractivity contribution in [3.05, 3.63) is 70.3 Å². The molecule has 1 aliphatic carbocycles. The number of hydrogen-bond acceptors (Lipinski definition) is 4. The quantitative estimate of drug-likeness (QED) is 0.438. The van der Waals surface area contributed by atoms with Crippen molar-refractivity contribution < 1.29 is 4.79 Å². The molecule has 5 rings (SSSR count). The smallest absolute Gasteiger partial charge is 0.252 e. The topological polar surface area (TPSA) is 48.5 Å². The van der Waals surface area contributed by atoms with Gasteiger partial charge in [0.25, 0.3) is 5.91 Å². The van der Waals surface area contributed by atoms with E-state index in [2.05, 4.69) is 26.2 Å². The largest absolute Gasteiger partial charge is 0.368 e. The minimum absolute atomic E-state index is 0.0183. The number of anilines is 1. The van der Waals surface area contributed by atoms with Crippen LogP contribution in [-0.2, 0) is 0 Å². The van der Waals surface area contributed by atoms with E-state index in [0.29, 0.717) is 10.0 Å². The summed E-state index contributed by atoms with van der Waals surface area (Å²) in [5.74, 6) is 0.759. The molecule has 5 nitrogen and oxygen atoms in total. The Morgan fingerprint density at radius 1 is 0.943 bits per heavy atom. The van der Waals surface area contributed by atoms with Crippen molar-refractivity contribution in [3.8, 4) is 0 Å². The second-order valence-electron chi connectivity index (χ2n) is 9.76. The molecule has 1 amide bonds. The van der Waals surface area contributed by atoms with Crippen LogP contribution in [0.4, 0.5) is 5.69 Å². The van der Waals surface area contributed by atoms with Crippen molar-refractivity contribution in [2.45, 2.75) is 38.1 Å². The van der Waals surface area contributed by atoms with Crippen LogP contribution in [0.1, 0.15) is 42.5 Å². The molecule has 0 radical (unpaired) electrons. The fourth-order valence-corrected chi connectivity index (χ4v) is 5.88. The molecule has 1 saturated carbocycles. The van der Waals surface area contributed by atoms with Gasteiger partial charge in [0.1, 0.15) is 0 Å². The number of amides is 1. The molecule has 2 aromatic carbocycles. The van der Waals surface area contributed by atoms with E-state index in [-0.39, 0.29) is 11.9 Å². The average molecular weight is 511 g/mol. The predicted octanol–water partition coefficient (Wildman–Crippen LogP) is 6.04. The number of carbonyl (C=O) groups excluding carboxylic acids is 1. The van der Waals surface area contributed by atoms with Crippen molar-refractivity contribution in [2.24, 2.45) is 5.92 Å². The second kappa shape index (κ2) is 11.2. The Morgan fingerprint density at radius 2 is 1.71 bits per heavy atom. The van der Waals surface area contributed by atoms with E-state index in [4.69, 9.17) is 23.2 Å². The van der Waals surface area contributed by atoms with Gasteiger partial charge in [0, 0.05) is 43.8 Å². The second-order valence-corrected chi connectivity index (χ2v) is 10.5. The number of carbonyl (C=O) groups is 1. The van der Waals surface area contributed by atoms with E-state index in [9.17, 15) is 4.79 Å². The molecular formula is C28H32Cl2N4O. The molecule has 0 bridgehead atoms. The number of hydrogen-bond donors (Lipinski definition) is 1. The fraction of sp³-hybridized carbons (Fsp3) is 0.429. The van der Waals surface area contributed by atoms with Crippen LogP contribution in [0.25, 0.3) is 10.9 Å². The summed E-state index contributed by atoms with van der Waals surface area (Å²) in [6.45, 7) is 5.19. The number of pyridine rings is 1. The number of piperazine rings is 1. The summed E-state index contributed by atoms with van der Waals surface area (Å²) in [6.07, 6.45) is 7.42. The Kier molecular flexibility index (Phi) is 7.76. The monoisotopic (exact) mass is 510 g/mol. The molecular weight excluding hydrogens is 479 g/mol. The minimum Gasteiger partial charge on any atom is -0.368 e. The first-order valence-electron chi connectivity index (χ1n) is 12.6. The van der Waals surface area contributed by atoms with Crippen molar-refractivity contribution in [1.29, 1.82) is 0 Å². The molecule has 7 heteroatoms. The Morgan fingerprint density at radius 3 is 2.51 bits per heavy atom. The molecule has 1 saturated heterocycles. The van der Waals surface area contributed by atoms with Crippen LogP contribution >= 0.6 is 23.2 Å². The molecule has 0 spiro atoms. The molecule has 35 heavy (non-hydrogen) atoms. The summed E-state index contributed by atoms with van der Waals surface area (Å²) < 4.78 is 0. The van der Waals surface area contributed by atoms with Gasteiger partial charge in [-0.1, -0.05) is 47.5 Å². The Bertz CT molecular complexity index is 1170. The lowest BCUT2D eigenvalue weighted by Gasteiger charge is -2.37. The lowest BCUT2D eigenvalue weighted by atomic mass is 9.84. The van der Waals surface area contributed by atoms with Gasteiger partial charge in [-0.3, -0.25) is 14.7 Å². The first-order chi connectivity index (χ1) is 17.1. The average Bonchev–Trinajstić information content (AvgIpc) is 2.90. The van der Waals surface area contributed by atoms with Crippen molar-refractivity contribution in [2.75, 3.05) is 37.6 Å². The lowest BCUT2D eigenvalue weighted by Crippen LogP contribution is -2.47. The maximum Gasteiger partial charge on any atom is 0.252 e. The maximum atomic E-state index is 12.9. The summed E-state index contributed by atoms with van der Waals surface area (Å²) in [7, 11) is 0. The first kappa shape index (κ1) is 24.4. The van der Waals surface area contributed by atoms with E-state index >= 15 is 0 Å². The zero-order chi connectivity index (χ0) is 24.2. The number of nitrogens with one attached hydrogen (secondary N) is 1. The zero-order valence-corrected chi connectivity index (χ0v) is 21.4. The van der Waals surface area contributed by atoms with E-state index in [0.717, 1.165) is 73.6 Å². The van der Waals surface area contributed by atoms with Crippen LogP contribution < -0.4 is 10.2 Å². The van der Waals surface area contributed by atoms with Gasteiger partial charge >= 0.3 is 0 Å². The summed E-state index contributed by atoms with van der Waals surface area (Å²) in [6, 6.07) is 15.8. The third-order valence-electron chi connectivity index (χ3n) is 7.57. The number of benzene rings is 2. The van der Waals surface area contributed by atoms with Crippen molar-refractivity contribution in [1.82, 2.24) is 15.2 Å². The van der Waals surface area contributed by atoms with Gasteiger partial charge < -0.3 is 10.2 Å². The third-order valence-corrected chi connectivity index (χ3v) is 8.38. The fourth-order valence-electron chi connectivity index (χ4n) is 5.47. The SMILES string of the molecule is O=C(N[C@H]1CC[C@H](CCN2CCN(c3cccc(Cl)c3Cl)CC2)CC1)c1ccnc2ccccc12. The van der Waals surface area contributed by atoms with Crippen LogP contribution in [-0.4, -0.2) is 54.6 Å². The molecule has 2 heterocycles. The number of aromatic nitrogens is 1. The normalized spacial score (nSPS) is 21.3. The molecule has 0 unspecified atom stereocenters. The van der Waals surface area contributed by atoms with Crippen LogP contribution in [0.2, 0.25) is 10.0 Å². The van der Waals surface area contributed by atoms with Crippen LogP contribution in [0, 0.1) is 5.92 Å². The number of para-hydroxylation sites is 1. The number of nitrogens with zero attached hydrogens (tertiary/aromatic N) is 3. The van der Waals surface area contributed by atoms with Crippen molar-refractivity contribution >= 4 is 45.7 Å². The van der Waals surface area contributed by atoms with E-state index in [1.807, 2.05) is 42.5 Å². The van der Waals surface area contributed by atoms with Gasteiger partial charge in [0.2, 0.25) is 0 Å². The first-order valence-corrected chi connectivity index (χ1v) is 13.4. The van der Waals surface area contributed by atoms with Gasteiger partial charge in [-0.25, -0.2) is 0 Å². The summed E-state index contributed by atoms with van der Waals surface area (Å²) in [4.78, 5) is 22.2. The molecule has 2 aliphatic rings. The molecule has 1 aromatic heterocycles. The van der Waals surface area contributed by atoms with Crippen molar-refractivity contribution in [3.63, 3.8) is 0 Å². The van der Waals surface area contributed by atoms with E-state index < -0.39 is 0 Å². The molecule has 1 N–H and O–H groups in total. The van der Waals surface area contributed by atoms with Crippen LogP contribution in [0.15, 0.2) is 54.7 Å². The van der Waals surface area contributed by atoms with Crippen LogP contribution in [0.5, 0.6) is 0 Å². The summed E-state index contributed by atoms with van der Waals surface area (Å²) in [5, 5.41) is 5.47. The summed E-state index contributed by atoms with van der Waals surface area (Å²) in [5.41, 5.74) is 2.62. The minimum atomic E-state index is 0.0183.